The highest BCUT2D eigenvalue weighted by Crippen LogP contribution is 2.19. The van der Waals surface area contributed by atoms with E-state index in [0.29, 0.717) is 30.1 Å². The molecule has 1 aliphatic heterocycles. The van der Waals surface area contributed by atoms with Crippen molar-refractivity contribution in [1.29, 1.82) is 0 Å². The Hall–Kier alpha value is -2.96. The van der Waals surface area contributed by atoms with Crippen molar-refractivity contribution in [3.63, 3.8) is 0 Å². The highest BCUT2D eigenvalue weighted by Gasteiger charge is 2.25. The van der Waals surface area contributed by atoms with Crippen molar-refractivity contribution in [3.05, 3.63) is 46.5 Å². The highest BCUT2D eigenvalue weighted by atomic mass is 16.2. The number of rotatable bonds is 1. The first-order valence-corrected chi connectivity index (χ1v) is 8.37. The molecule has 7 heteroatoms. The molecule has 1 aromatic carbocycles. The molecule has 0 bridgehead atoms. The Balaban J connectivity index is 1.84. The number of hydrogen-bond acceptors (Lipinski definition) is 4. The zero-order valence-corrected chi connectivity index (χ0v) is 14.3. The van der Waals surface area contributed by atoms with Crippen LogP contribution in [0.5, 0.6) is 0 Å². The van der Waals surface area contributed by atoms with Crippen LogP contribution < -0.4 is 5.69 Å². The quantitative estimate of drug-likeness (QED) is 0.682. The predicted octanol–water partition coefficient (Wildman–Crippen LogP) is 2.17. The normalized spacial score (nSPS) is 14.4. The van der Waals surface area contributed by atoms with E-state index < -0.39 is 0 Å². The van der Waals surface area contributed by atoms with Crippen molar-refractivity contribution < 1.29 is 4.79 Å². The van der Waals surface area contributed by atoms with E-state index in [0.717, 1.165) is 24.0 Å². The summed E-state index contributed by atoms with van der Waals surface area (Å²) < 4.78 is 2.59. The first-order valence-electron chi connectivity index (χ1n) is 8.37. The first kappa shape index (κ1) is 15.6. The maximum Gasteiger partial charge on any atom is 0.338 e. The van der Waals surface area contributed by atoms with Crippen LogP contribution in [0.2, 0.25) is 0 Å². The zero-order chi connectivity index (χ0) is 17.6. The second kappa shape index (κ2) is 5.84. The van der Waals surface area contributed by atoms with E-state index in [1.54, 1.807) is 18.1 Å². The minimum absolute atomic E-state index is 0.292. The van der Waals surface area contributed by atoms with Crippen molar-refractivity contribution in [2.24, 2.45) is 7.05 Å². The van der Waals surface area contributed by atoms with Gasteiger partial charge in [0.05, 0.1) is 6.20 Å². The summed E-state index contributed by atoms with van der Waals surface area (Å²) >= 11 is 0. The average Bonchev–Trinajstić information content (AvgIpc) is 3.23. The lowest BCUT2D eigenvalue weighted by Gasteiger charge is -2.14. The number of carbonyl (C=O) groups is 1. The lowest BCUT2D eigenvalue weighted by molar-refractivity contribution is 0.210. The molecule has 3 heterocycles. The third-order valence-electron chi connectivity index (χ3n) is 4.66. The van der Waals surface area contributed by atoms with Crippen LogP contribution in [-0.2, 0) is 7.05 Å². The third kappa shape index (κ3) is 2.52. The topological polar surface area (TPSA) is 73.0 Å². The third-order valence-corrected chi connectivity index (χ3v) is 4.66. The van der Waals surface area contributed by atoms with Gasteiger partial charge < -0.3 is 4.90 Å². The number of fused-ring (bicyclic) bond motifs is 1. The lowest BCUT2D eigenvalue weighted by atomic mass is 10.1. The van der Waals surface area contributed by atoms with Crippen LogP contribution in [0.25, 0.3) is 22.6 Å². The van der Waals surface area contributed by atoms with Gasteiger partial charge in [-0.3, -0.25) is 4.57 Å². The first-order chi connectivity index (χ1) is 12.1. The van der Waals surface area contributed by atoms with Gasteiger partial charge in [0, 0.05) is 25.7 Å². The van der Waals surface area contributed by atoms with E-state index >= 15 is 0 Å². The second-order valence-electron chi connectivity index (χ2n) is 6.42. The van der Waals surface area contributed by atoms with Crippen molar-refractivity contribution in [3.8, 4) is 11.4 Å². The zero-order valence-electron chi connectivity index (χ0n) is 14.3. The van der Waals surface area contributed by atoms with Gasteiger partial charge in [0.15, 0.2) is 11.5 Å². The monoisotopic (exact) mass is 337 g/mol. The van der Waals surface area contributed by atoms with Gasteiger partial charge in [0.2, 0.25) is 0 Å². The minimum Gasteiger partial charge on any atom is -0.324 e. The molecule has 0 saturated carbocycles. The molecule has 1 aliphatic rings. The summed E-state index contributed by atoms with van der Waals surface area (Å²) in [5.74, 6) is 0.536. The van der Waals surface area contributed by atoms with E-state index in [1.807, 2.05) is 31.2 Å². The molecule has 1 fully saturated rings. The number of aryl methyl sites for hydroxylation is 2. The van der Waals surface area contributed by atoms with Crippen molar-refractivity contribution in [2.75, 3.05) is 13.1 Å². The van der Waals surface area contributed by atoms with Gasteiger partial charge in [-0.1, -0.05) is 29.8 Å². The molecule has 3 aromatic rings. The fraction of sp³-hybridized carbons (Fsp3) is 0.333. The Morgan fingerprint density at radius 1 is 1.12 bits per heavy atom. The van der Waals surface area contributed by atoms with Crippen LogP contribution in [0.1, 0.15) is 18.4 Å². The molecule has 2 aromatic heterocycles. The summed E-state index contributed by atoms with van der Waals surface area (Å²) in [6.45, 7) is 3.38. The number of amides is 1. The van der Waals surface area contributed by atoms with Gasteiger partial charge in [-0.15, -0.1) is 0 Å². The van der Waals surface area contributed by atoms with Crippen molar-refractivity contribution in [2.45, 2.75) is 19.8 Å². The van der Waals surface area contributed by atoms with Gasteiger partial charge in [0.1, 0.15) is 5.52 Å². The van der Waals surface area contributed by atoms with E-state index in [4.69, 9.17) is 0 Å². The van der Waals surface area contributed by atoms with E-state index in [2.05, 4.69) is 9.97 Å². The van der Waals surface area contributed by atoms with E-state index in [-0.39, 0.29) is 11.7 Å². The summed E-state index contributed by atoms with van der Waals surface area (Å²) in [5.41, 5.74) is 2.55. The van der Waals surface area contributed by atoms with Gasteiger partial charge in [-0.25, -0.2) is 24.1 Å². The number of hydrogen-bond donors (Lipinski definition) is 0. The van der Waals surface area contributed by atoms with E-state index in [1.165, 1.54) is 9.13 Å². The number of nitrogens with zero attached hydrogens (tertiary/aromatic N) is 5. The molecule has 128 valence electrons. The number of carbonyl (C=O) groups excluding carboxylic acids is 1. The smallest absolute Gasteiger partial charge is 0.324 e. The standard InChI is InChI=1S/C18H19N5O2/c1-12-5-7-13(8-6-12)15-19-11-14-16(20-15)21(2)17(24)23(14)18(25)22-9-3-4-10-22/h5-8,11H,3-4,9-10H2,1-2H3. The molecule has 0 aliphatic carbocycles. The predicted molar refractivity (Wildman–Crippen MR) is 94.5 cm³/mol. The Morgan fingerprint density at radius 3 is 2.48 bits per heavy atom. The SMILES string of the molecule is Cc1ccc(-c2ncc3c(n2)n(C)c(=O)n3C(=O)N2CCCC2)cc1. The molecule has 7 nitrogen and oxygen atoms in total. The lowest BCUT2D eigenvalue weighted by Crippen LogP contribution is -2.38. The second-order valence-corrected chi connectivity index (χ2v) is 6.42. The molecule has 0 N–H and O–H groups in total. The summed E-state index contributed by atoms with van der Waals surface area (Å²) in [6, 6.07) is 7.58. The Morgan fingerprint density at radius 2 is 1.80 bits per heavy atom. The van der Waals surface area contributed by atoms with E-state index in [9.17, 15) is 9.59 Å². The Bertz CT molecular complexity index is 1010. The summed E-state index contributed by atoms with van der Waals surface area (Å²) in [5, 5.41) is 0. The number of aromatic nitrogens is 4. The van der Waals surface area contributed by atoms with Crippen molar-refractivity contribution >= 4 is 17.2 Å². The summed E-state index contributed by atoms with van der Waals surface area (Å²) in [6.07, 6.45) is 3.51. The van der Waals surface area contributed by atoms with Crippen LogP contribution in [0.15, 0.2) is 35.3 Å². The van der Waals surface area contributed by atoms with Crippen LogP contribution in [0.3, 0.4) is 0 Å². The number of benzene rings is 1. The molecule has 1 saturated heterocycles. The van der Waals surface area contributed by atoms with Gasteiger partial charge in [0.25, 0.3) is 0 Å². The molecule has 0 unspecified atom stereocenters. The maximum absolute atomic E-state index is 12.7. The molecular weight excluding hydrogens is 318 g/mol. The molecule has 0 radical (unpaired) electrons. The molecule has 0 spiro atoms. The van der Waals surface area contributed by atoms with Gasteiger partial charge in [-0.05, 0) is 19.8 Å². The molecule has 1 amide bonds. The average molecular weight is 337 g/mol. The fourth-order valence-electron chi connectivity index (χ4n) is 3.19. The molecule has 4 rings (SSSR count). The van der Waals surface area contributed by atoms with Crippen LogP contribution in [-0.4, -0.2) is 43.1 Å². The molecular formula is C18H19N5O2. The van der Waals surface area contributed by atoms with Crippen LogP contribution in [0, 0.1) is 6.92 Å². The largest absolute Gasteiger partial charge is 0.338 e. The highest BCUT2D eigenvalue weighted by molar-refractivity contribution is 5.88. The fourth-order valence-corrected chi connectivity index (χ4v) is 3.19. The number of likely N-dealkylation sites (tertiary alicyclic amines) is 1. The summed E-state index contributed by atoms with van der Waals surface area (Å²) in [4.78, 5) is 35.9. The minimum atomic E-state index is -0.387. The van der Waals surface area contributed by atoms with Gasteiger partial charge in [-0.2, -0.15) is 0 Å². The Kier molecular flexibility index (Phi) is 3.63. The summed E-state index contributed by atoms with van der Waals surface area (Å²) in [7, 11) is 1.63. The number of imidazole rings is 1. The van der Waals surface area contributed by atoms with Gasteiger partial charge >= 0.3 is 11.7 Å². The maximum atomic E-state index is 12.7. The molecule has 25 heavy (non-hydrogen) atoms. The van der Waals surface area contributed by atoms with Crippen LogP contribution >= 0.6 is 0 Å². The van der Waals surface area contributed by atoms with Crippen molar-refractivity contribution in [1.82, 2.24) is 24.0 Å². The Labute approximate surface area is 144 Å². The molecule has 0 atom stereocenters. The van der Waals surface area contributed by atoms with Crippen LogP contribution in [0.4, 0.5) is 4.79 Å².